The van der Waals surface area contributed by atoms with Crippen LogP contribution in [0.3, 0.4) is 0 Å². The molecule has 1 unspecified atom stereocenters. The van der Waals surface area contributed by atoms with E-state index in [1.165, 1.54) is 12.1 Å². The van der Waals surface area contributed by atoms with Crippen LogP contribution >= 0.6 is 0 Å². The lowest BCUT2D eigenvalue weighted by Crippen LogP contribution is -2.21. The van der Waals surface area contributed by atoms with Crippen LogP contribution in [0.2, 0.25) is 0 Å². The number of hydrogen-bond acceptors (Lipinski definition) is 6. The van der Waals surface area contributed by atoms with Crippen molar-refractivity contribution >= 4 is 11.4 Å². The number of aromatic nitrogens is 3. The van der Waals surface area contributed by atoms with Gasteiger partial charge in [0.1, 0.15) is 5.82 Å². The molecule has 0 amide bonds. The minimum atomic E-state index is -0.296. The highest BCUT2D eigenvalue weighted by Gasteiger charge is 2.29. The van der Waals surface area contributed by atoms with Crippen LogP contribution in [0.15, 0.2) is 48.7 Å². The molecule has 2 aromatic carbocycles. The summed E-state index contributed by atoms with van der Waals surface area (Å²) < 4.78 is 31.3. The first-order chi connectivity index (χ1) is 16.5. The Morgan fingerprint density at radius 2 is 1.79 bits per heavy atom. The number of methoxy groups -OCH3 is 3. The summed E-state index contributed by atoms with van der Waals surface area (Å²) in [4.78, 5) is 17.9. The molecule has 1 aliphatic rings. The fraction of sp³-hybridized carbons (Fsp3) is 0.269. The maximum absolute atomic E-state index is 13.4. The fourth-order valence-electron chi connectivity index (χ4n) is 4.58. The number of ketones is 1. The Morgan fingerprint density at radius 3 is 2.50 bits per heavy atom. The quantitative estimate of drug-likeness (QED) is 0.417. The summed E-state index contributed by atoms with van der Waals surface area (Å²) in [6.07, 6.45) is 2.68. The molecular weight excluding hydrogens is 437 g/mol. The molecule has 0 radical (unpaired) electrons. The average molecular weight is 461 g/mol. The smallest absolute Gasteiger partial charge is 0.166 e. The highest BCUT2D eigenvalue weighted by Crippen LogP contribution is 2.37. The molecule has 8 heteroatoms. The van der Waals surface area contributed by atoms with Crippen LogP contribution in [0.4, 0.5) is 4.39 Å². The molecule has 174 valence electrons. The molecular formula is C26H24FN3O4. The van der Waals surface area contributed by atoms with E-state index in [2.05, 4.69) is 5.10 Å². The standard InChI is InChI=1S/C26H24FN3O4/c1-32-14-21-25(16-6-9-23(33-2)24(12-16)34-3)26-28-20-10-17(15-4-7-18(27)8-5-15)11-22(31)19(20)13-30(26)29-21/h4-9,12-13,17H,10-11,14H2,1-3H3. The Labute approximate surface area is 196 Å². The van der Waals surface area contributed by atoms with Crippen molar-refractivity contribution in [2.45, 2.75) is 25.4 Å². The Morgan fingerprint density at radius 1 is 1.03 bits per heavy atom. The molecule has 0 saturated heterocycles. The molecule has 2 heterocycles. The highest BCUT2D eigenvalue weighted by molar-refractivity contribution is 5.99. The van der Waals surface area contributed by atoms with E-state index in [0.717, 1.165) is 16.7 Å². The average Bonchev–Trinajstić information content (AvgIpc) is 3.20. The summed E-state index contributed by atoms with van der Waals surface area (Å²) >= 11 is 0. The first-order valence-electron chi connectivity index (χ1n) is 10.9. The number of carbonyl (C=O) groups excluding carboxylic acids is 1. The number of nitrogens with zero attached hydrogens (tertiary/aromatic N) is 3. The summed E-state index contributed by atoms with van der Waals surface area (Å²) in [5.74, 6) is 0.861. The third-order valence-electron chi connectivity index (χ3n) is 6.23. The summed E-state index contributed by atoms with van der Waals surface area (Å²) in [6, 6.07) is 12.0. The topological polar surface area (TPSA) is 75.0 Å². The number of benzene rings is 2. The number of rotatable bonds is 6. The lowest BCUT2D eigenvalue weighted by molar-refractivity contribution is 0.0962. The van der Waals surface area contributed by atoms with Crippen LogP contribution in [0, 0.1) is 5.82 Å². The highest BCUT2D eigenvalue weighted by atomic mass is 19.1. The van der Waals surface area contributed by atoms with E-state index in [-0.39, 0.29) is 24.1 Å². The van der Waals surface area contributed by atoms with Gasteiger partial charge in [0.15, 0.2) is 22.9 Å². The molecule has 0 fully saturated rings. The van der Waals surface area contributed by atoms with Gasteiger partial charge in [-0.25, -0.2) is 13.9 Å². The van der Waals surface area contributed by atoms with Crippen LogP contribution in [0.1, 0.15) is 39.6 Å². The fourth-order valence-corrected chi connectivity index (χ4v) is 4.58. The maximum atomic E-state index is 13.4. The molecule has 7 nitrogen and oxygen atoms in total. The molecule has 34 heavy (non-hydrogen) atoms. The van der Waals surface area contributed by atoms with Gasteiger partial charge in [0.05, 0.1) is 43.3 Å². The van der Waals surface area contributed by atoms with Crippen LogP contribution in [-0.4, -0.2) is 41.7 Å². The molecule has 0 saturated carbocycles. The number of hydrogen-bond donors (Lipinski definition) is 0. The summed E-state index contributed by atoms with van der Waals surface area (Å²) in [5, 5.41) is 4.67. The lowest BCUT2D eigenvalue weighted by Gasteiger charge is -2.23. The third-order valence-corrected chi connectivity index (χ3v) is 6.23. The van der Waals surface area contributed by atoms with Crippen LogP contribution in [0.5, 0.6) is 11.5 Å². The van der Waals surface area contributed by atoms with Crippen molar-refractivity contribution in [3.8, 4) is 22.6 Å². The molecule has 4 aromatic rings. The van der Waals surface area contributed by atoms with Gasteiger partial charge in [0.25, 0.3) is 0 Å². The zero-order valence-corrected chi connectivity index (χ0v) is 19.2. The number of fused-ring (bicyclic) bond motifs is 2. The molecule has 1 aliphatic carbocycles. The minimum Gasteiger partial charge on any atom is -0.493 e. The van der Waals surface area contributed by atoms with Crippen molar-refractivity contribution in [3.63, 3.8) is 0 Å². The maximum Gasteiger partial charge on any atom is 0.166 e. The zero-order valence-electron chi connectivity index (χ0n) is 19.2. The van der Waals surface area contributed by atoms with Gasteiger partial charge in [-0.3, -0.25) is 4.79 Å². The Hall–Kier alpha value is -3.78. The molecule has 0 N–H and O–H groups in total. The van der Waals surface area contributed by atoms with Crippen LogP contribution in [-0.2, 0) is 17.8 Å². The SMILES string of the molecule is COCc1nn2cc3c(nc2c1-c1ccc(OC)c(OC)c1)CC(c1ccc(F)cc1)CC3=O. The number of Topliss-reactive ketones (excluding diaryl/α,β-unsaturated/α-hetero) is 1. The van der Waals surface area contributed by atoms with Crippen molar-refractivity contribution in [3.05, 3.63) is 77.0 Å². The van der Waals surface area contributed by atoms with Crippen molar-refractivity contribution in [2.24, 2.45) is 0 Å². The van der Waals surface area contributed by atoms with Gasteiger partial charge in [0, 0.05) is 19.7 Å². The Balaban J connectivity index is 1.64. The van der Waals surface area contributed by atoms with Crippen LogP contribution in [0.25, 0.3) is 16.8 Å². The van der Waals surface area contributed by atoms with Gasteiger partial charge in [-0.15, -0.1) is 0 Å². The van der Waals surface area contributed by atoms with E-state index >= 15 is 0 Å². The number of halogens is 1. The van der Waals surface area contributed by atoms with E-state index in [9.17, 15) is 9.18 Å². The molecule has 5 rings (SSSR count). The number of carbonyl (C=O) groups is 1. The number of ether oxygens (including phenoxy) is 3. The molecule has 2 aromatic heterocycles. The molecule has 0 bridgehead atoms. The monoisotopic (exact) mass is 461 g/mol. The van der Waals surface area contributed by atoms with Gasteiger partial charge >= 0.3 is 0 Å². The second-order valence-electron chi connectivity index (χ2n) is 8.27. The van der Waals surface area contributed by atoms with Crippen molar-refractivity contribution in [1.29, 1.82) is 0 Å². The zero-order chi connectivity index (χ0) is 23.8. The van der Waals surface area contributed by atoms with Gasteiger partial charge in [-0.05, 0) is 47.7 Å². The summed E-state index contributed by atoms with van der Waals surface area (Å²) in [7, 11) is 4.78. The minimum absolute atomic E-state index is 0.00133. The largest absolute Gasteiger partial charge is 0.493 e. The van der Waals surface area contributed by atoms with Crippen LogP contribution < -0.4 is 9.47 Å². The Bertz CT molecular complexity index is 1380. The second kappa shape index (κ2) is 8.87. The Kier molecular flexibility index (Phi) is 5.75. The van der Waals surface area contributed by atoms with Crippen molar-refractivity contribution < 1.29 is 23.4 Å². The van der Waals surface area contributed by atoms with Crippen molar-refractivity contribution in [2.75, 3.05) is 21.3 Å². The van der Waals surface area contributed by atoms with Gasteiger partial charge in [0.2, 0.25) is 0 Å². The van der Waals surface area contributed by atoms with E-state index in [0.29, 0.717) is 46.9 Å². The van der Waals surface area contributed by atoms with E-state index < -0.39 is 0 Å². The molecule has 1 atom stereocenters. The molecule has 0 aliphatic heterocycles. The van der Waals surface area contributed by atoms with Crippen molar-refractivity contribution in [1.82, 2.24) is 14.6 Å². The second-order valence-corrected chi connectivity index (χ2v) is 8.27. The first-order valence-corrected chi connectivity index (χ1v) is 10.9. The summed E-state index contributed by atoms with van der Waals surface area (Å²) in [5.41, 5.74) is 5.19. The van der Waals surface area contributed by atoms with E-state index in [1.54, 1.807) is 44.2 Å². The first kappa shape index (κ1) is 22.0. The third kappa shape index (κ3) is 3.80. The molecule has 0 spiro atoms. The van der Waals surface area contributed by atoms with Gasteiger partial charge in [-0.2, -0.15) is 5.10 Å². The van der Waals surface area contributed by atoms with E-state index in [4.69, 9.17) is 19.2 Å². The normalized spacial score (nSPS) is 15.4. The van der Waals surface area contributed by atoms with E-state index in [1.807, 2.05) is 18.2 Å². The summed E-state index contributed by atoms with van der Waals surface area (Å²) in [6.45, 7) is 0.282. The predicted molar refractivity (Wildman–Crippen MR) is 124 cm³/mol. The predicted octanol–water partition coefficient (Wildman–Crippen LogP) is 4.61. The van der Waals surface area contributed by atoms with Gasteiger partial charge in [-0.1, -0.05) is 18.2 Å². The van der Waals surface area contributed by atoms with Gasteiger partial charge < -0.3 is 14.2 Å². The lowest BCUT2D eigenvalue weighted by atomic mass is 9.82.